The first-order valence-electron chi connectivity index (χ1n) is 13.6. The van der Waals surface area contributed by atoms with E-state index in [0.29, 0.717) is 43.7 Å². The van der Waals surface area contributed by atoms with Crippen molar-refractivity contribution in [3.8, 4) is 0 Å². The molecule has 1 aliphatic carbocycles. The van der Waals surface area contributed by atoms with Crippen molar-refractivity contribution in [3.63, 3.8) is 0 Å². The van der Waals surface area contributed by atoms with Crippen LogP contribution in [0.4, 0.5) is 13.2 Å². The topological polar surface area (TPSA) is 128 Å². The molecule has 3 rings (SSSR count). The van der Waals surface area contributed by atoms with Crippen molar-refractivity contribution >= 4 is 41.1 Å². The molecule has 3 N–H and O–H groups in total. The number of nitrogens with zero attached hydrogens (tertiary/aromatic N) is 2. The summed E-state index contributed by atoms with van der Waals surface area (Å²) in [5, 5.41) is 5.52. The second kappa shape index (κ2) is 13.7. The van der Waals surface area contributed by atoms with Gasteiger partial charge in [-0.2, -0.15) is 8.78 Å². The fraction of sp³-hybridized carbons (Fsp3) is 0.800. The van der Waals surface area contributed by atoms with Gasteiger partial charge < -0.3 is 15.5 Å². The SMILES string of the molecule is CCC(CC)C(NC(=O)C(F)F)C(=O)N1C[C@@H]2CCC[C@@H]2[C@H]1C(=O)NN(C[C@@H]1CCCNC1=O)C(=O)C(F)Cl. The minimum atomic E-state index is -3.31. The summed E-state index contributed by atoms with van der Waals surface area (Å²) in [6.45, 7) is 3.90. The summed E-state index contributed by atoms with van der Waals surface area (Å²) in [6.07, 6.45) is 0.779. The Bertz CT molecular complexity index is 938. The monoisotopic (exact) mass is 579 g/mol. The lowest BCUT2D eigenvalue weighted by molar-refractivity contribution is -0.151. The Morgan fingerprint density at radius 1 is 1.10 bits per heavy atom. The van der Waals surface area contributed by atoms with Crippen molar-refractivity contribution in [1.82, 2.24) is 26.0 Å². The number of carbonyl (C=O) groups is 5. The molecule has 39 heavy (non-hydrogen) atoms. The highest BCUT2D eigenvalue weighted by Gasteiger charge is 2.51. The molecule has 1 saturated carbocycles. The van der Waals surface area contributed by atoms with Gasteiger partial charge in [0, 0.05) is 13.1 Å². The number of rotatable bonds is 10. The molecule has 0 aromatic heterocycles. The summed E-state index contributed by atoms with van der Waals surface area (Å²) < 4.78 is 40.0. The molecule has 0 radical (unpaired) electrons. The van der Waals surface area contributed by atoms with E-state index in [1.54, 1.807) is 13.8 Å². The number of halogens is 4. The molecule has 3 aliphatic rings. The van der Waals surface area contributed by atoms with E-state index < -0.39 is 59.6 Å². The molecule has 220 valence electrons. The highest BCUT2D eigenvalue weighted by molar-refractivity contribution is 6.29. The van der Waals surface area contributed by atoms with Gasteiger partial charge in [0.05, 0.1) is 12.5 Å². The number of amides is 5. The van der Waals surface area contributed by atoms with E-state index in [1.807, 2.05) is 0 Å². The van der Waals surface area contributed by atoms with Gasteiger partial charge in [-0.3, -0.25) is 29.4 Å². The van der Waals surface area contributed by atoms with E-state index in [-0.39, 0.29) is 30.8 Å². The molecular formula is C25H37ClF3N5O5. The van der Waals surface area contributed by atoms with Crippen molar-refractivity contribution in [2.75, 3.05) is 19.6 Å². The molecule has 5 amide bonds. The molecule has 6 atom stereocenters. The first-order chi connectivity index (χ1) is 18.5. The van der Waals surface area contributed by atoms with Crippen LogP contribution in [-0.4, -0.2) is 83.2 Å². The van der Waals surface area contributed by atoms with Gasteiger partial charge in [0.15, 0.2) is 0 Å². The van der Waals surface area contributed by atoms with Crippen molar-refractivity contribution < 1.29 is 37.1 Å². The Balaban J connectivity index is 1.87. The smallest absolute Gasteiger partial charge is 0.315 e. The largest absolute Gasteiger partial charge is 0.356 e. The summed E-state index contributed by atoms with van der Waals surface area (Å²) in [4.78, 5) is 65.4. The molecule has 0 aromatic carbocycles. The molecule has 2 unspecified atom stereocenters. The van der Waals surface area contributed by atoms with Crippen LogP contribution in [0.15, 0.2) is 0 Å². The Morgan fingerprint density at radius 2 is 1.79 bits per heavy atom. The van der Waals surface area contributed by atoms with Gasteiger partial charge >= 0.3 is 6.43 Å². The maximum absolute atomic E-state index is 13.9. The number of piperidine rings is 1. The van der Waals surface area contributed by atoms with Crippen molar-refractivity contribution in [3.05, 3.63) is 0 Å². The maximum Gasteiger partial charge on any atom is 0.315 e. The highest BCUT2D eigenvalue weighted by Crippen LogP contribution is 2.43. The molecule has 10 nitrogen and oxygen atoms in total. The van der Waals surface area contributed by atoms with E-state index >= 15 is 0 Å². The van der Waals surface area contributed by atoms with Gasteiger partial charge in [0.1, 0.15) is 12.1 Å². The fourth-order valence-corrected chi connectivity index (χ4v) is 6.26. The normalized spacial score (nSPS) is 26.2. The van der Waals surface area contributed by atoms with Crippen LogP contribution in [-0.2, 0) is 24.0 Å². The van der Waals surface area contributed by atoms with E-state index in [2.05, 4.69) is 16.1 Å². The number of alkyl halides is 4. The van der Waals surface area contributed by atoms with Crippen LogP contribution in [0.1, 0.15) is 58.8 Å². The second-order valence-electron chi connectivity index (χ2n) is 10.5. The number of hydrogen-bond donors (Lipinski definition) is 3. The number of hydrazine groups is 1. The molecule has 0 aromatic rings. The lowest BCUT2D eigenvalue weighted by atomic mass is 9.91. The molecule has 0 bridgehead atoms. The lowest BCUT2D eigenvalue weighted by Crippen LogP contribution is -2.60. The standard InChI is InChI=1S/C25H37ClF3N5O5/c1-3-13(4-2)17(31-23(37)20(28)29)24(38)33-11-14-7-5-9-16(14)18(33)22(36)32-34(25(39)19(26)27)12-15-8-6-10-30-21(15)35/h13-20H,3-12H2,1-2H3,(H,30,35)(H,31,37)(H,32,36)/t14-,15-,16-,17?,18-,19?/m0/s1. The Morgan fingerprint density at radius 3 is 2.38 bits per heavy atom. The third-order valence-electron chi connectivity index (χ3n) is 8.22. The van der Waals surface area contributed by atoms with Crippen molar-refractivity contribution in [2.45, 2.75) is 82.9 Å². The molecule has 14 heteroatoms. The Labute approximate surface area is 230 Å². The predicted octanol–water partition coefficient (Wildman–Crippen LogP) is 1.72. The van der Waals surface area contributed by atoms with Gasteiger partial charge in [0.2, 0.25) is 11.8 Å². The van der Waals surface area contributed by atoms with E-state index in [9.17, 15) is 37.1 Å². The van der Waals surface area contributed by atoms with Gasteiger partial charge in [-0.05, 0) is 43.4 Å². The number of hydrogen-bond acceptors (Lipinski definition) is 5. The lowest BCUT2D eigenvalue weighted by Gasteiger charge is -2.35. The van der Waals surface area contributed by atoms with Gasteiger partial charge in [-0.1, -0.05) is 44.7 Å². The van der Waals surface area contributed by atoms with E-state index in [4.69, 9.17) is 11.6 Å². The minimum Gasteiger partial charge on any atom is -0.356 e. The van der Waals surface area contributed by atoms with Crippen LogP contribution in [0, 0.1) is 23.7 Å². The summed E-state index contributed by atoms with van der Waals surface area (Å²) in [7, 11) is 0. The molecule has 3 fully saturated rings. The first-order valence-corrected chi connectivity index (χ1v) is 14.0. The molecular weight excluding hydrogens is 543 g/mol. The molecule has 0 spiro atoms. The fourth-order valence-electron chi connectivity index (χ4n) is 6.14. The van der Waals surface area contributed by atoms with Crippen molar-refractivity contribution in [2.24, 2.45) is 23.7 Å². The van der Waals surface area contributed by atoms with Gasteiger partial charge in [-0.25, -0.2) is 9.40 Å². The third-order valence-corrected chi connectivity index (χ3v) is 8.41. The quantitative estimate of drug-likeness (QED) is 0.268. The van der Waals surface area contributed by atoms with Gasteiger partial charge in [-0.15, -0.1) is 0 Å². The zero-order valence-corrected chi connectivity index (χ0v) is 22.9. The average Bonchev–Trinajstić information content (AvgIpc) is 3.50. The highest BCUT2D eigenvalue weighted by atomic mass is 35.5. The van der Waals surface area contributed by atoms with Crippen LogP contribution in [0.3, 0.4) is 0 Å². The van der Waals surface area contributed by atoms with Gasteiger partial charge in [0.25, 0.3) is 23.4 Å². The molecule has 2 heterocycles. The summed E-state index contributed by atoms with van der Waals surface area (Å²) in [5.41, 5.74) is -0.0713. The van der Waals surface area contributed by atoms with Crippen LogP contribution in [0.25, 0.3) is 0 Å². The minimum absolute atomic E-state index is 0.0342. The maximum atomic E-state index is 13.9. The van der Waals surface area contributed by atoms with Crippen molar-refractivity contribution in [1.29, 1.82) is 0 Å². The number of likely N-dealkylation sites (tertiary alicyclic amines) is 1. The van der Waals surface area contributed by atoms with E-state index in [1.165, 1.54) is 4.90 Å². The second-order valence-corrected chi connectivity index (χ2v) is 10.9. The van der Waals surface area contributed by atoms with Crippen LogP contribution in [0.2, 0.25) is 0 Å². The first kappa shape index (κ1) is 31.0. The number of carbonyl (C=O) groups excluding carboxylic acids is 5. The van der Waals surface area contributed by atoms with Crippen LogP contribution in [0.5, 0.6) is 0 Å². The Hall–Kier alpha value is -2.57. The number of fused-ring (bicyclic) bond motifs is 1. The van der Waals surface area contributed by atoms with E-state index in [0.717, 1.165) is 12.8 Å². The predicted molar refractivity (Wildman–Crippen MR) is 135 cm³/mol. The third kappa shape index (κ3) is 7.15. The molecule has 2 saturated heterocycles. The average molecular weight is 580 g/mol. The summed E-state index contributed by atoms with van der Waals surface area (Å²) in [5.74, 6) is -6.02. The van der Waals surface area contributed by atoms with Crippen LogP contribution >= 0.6 is 11.6 Å². The zero-order valence-electron chi connectivity index (χ0n) is 22.1. The zero-order chi connectivity index (χ0) is 28.9. The molecule has 2 aliphatic heterocycles. The summed E-state index contributed by atoms with van der Waals surface area (Å²) in [6, 6.07) is -2.34. The number of nitrogens with one attached hydrogen (secondary N) is 3. The van der Waals surface area contributed by atoms with Crippen LogP contribution < -0.4 is 16.1 Å². The summed E-state index contributed by atoms with van der Waals surface area (Å²) >= 11 is 5.39. The Kier molecular flexibility index (Phi) is 10.9.